The molecule has 0 aromatic carbocycles. The minimum absolute atomic E-state index is 0.0468. The summed E-state index contributed by atoms with van der Waals surface area (Å²) in [5.41, 5.74) is 0. The third-order valence-corrected chi connectivity index (χ3v) is 5.90. The number of aromatic nitrogens is 3. The van der Waals surface area contributed by atoms with Crippen LogP contribution in [0.1, 0.15) is 56.2 Å². The molecule has 2 aliphatic heterocycles. The van der Waals surface area contributed by atoms with Gasteiger partial charge in [0.05, 0.1) is 11.5 Å². The van der Waals surface area contributed by atoms with Crippen LogP contribution in [0.15, 0.2) is 0 Å². The largest absolute Gasteiger partial charge is 0.312 e. The Morgan fingerprint density at radius 3 is 2.83 bits per heavy atom. The molecule has 3 rings (SSSR count). The molecule has 18 heavy (non-hydrogen) atoms. The van der Waals surface area contributed by atoms with E-state index in [9.17, 15) is 8.42 Å². The highest BCUT2D eigenvalue weighted by Gasteiger charge is 2.32. The molecule has 0 bridgehead atoms. The molecule has 0 spiro atoms. The van der Waals surface area contributed by atoms with Gasteiger partial charge >= 0.3 is 0 Å². The van der Waals surface area contributed by atoms with E-state index in [1.807, 2.05) is 0 Å². The van der Waals surface area contributed by atoms with E-state index >= 15 is 0 Å². The van der Waals surface area contributed by atoms with E-state index in [1.165, 1.54) is 0 Å². The zero-order valence-electron chi connectivity index (χ0n) is 10.7. The molecule has 0 saturated carbocycles. The fraction of sp³-hybridized carbons (Fsp3) is 0.833. The lowest BCUT2D eigenvalue weighted by atomic mass is 10.0. The third kappa shape index (κ3) is 2.06. The summed E-state index contributed by atoms with van der Waals surface area (Å²) in [4.78, 5) is 0. The van der Waals surface area contributed by atoms with Crippen LogP contribution in [0.2, 0.25) is 0 Å². The highest BCUT2D eigenvalue weighted by Crippen LogP contribution is 2.32. The Balaban J connectivity index is 1.95. The normalized spacial score (nSPS) is 30.9. The van der Waals surface area contributed by atoms with Crippen LogP contribution in [0.25, 0.3) is 0 Å². The fourth-order valence-electron chi connectivity index (χ4n) is 3.18. The molecule has 5 nitrogen and oxygen atoms in total. The molecule has 1 fully saturated rings. The van der Waals surface area contributed by atoms with E-state index in [2.05, 4.69) is 21.7 Å². The molecule has 2 aliphatic rings. The smallest absolute Gasteiger partial charge is 0.151 e. The first-order valence-corrected chi connectivity index (χ1v) is 8.53. The number of rotatable bonds is 1. The molecule has 2 unspecified atom stereocenters. The van der Waals surface area contributed by atoms with Crippen molar-refractivity contribution in [3.8, 4) is 0 Å². The predicted octanol–water partition coefficient (Wildman–Crippen LogP) is 1.47. The lowest BCUT2D eigenvalue weighted by Crippen LogP contribution is -2.27. The van der Waals surface area contributed by atoms with Gasteiger partial charge < -0.3 is 4.57 Å². The Kier molecular flexibility index (Phi) is 2.92. The average molecular weight is 269 g/mol. The van der Waals surface area contributed by atoms with Crippen LogP contribution in [-0.2, 0) is 16.3 Å². The summed E-state index contributed by atoms with van der Waals surface area (Å²) in [6, 6.07) is 0.406. The molecule has 100 valence electrons. The van der Waals surface area contributed by atoms with E-state index < -0.39 is 9.84 Å². The summed E-state index contributed by atoms with van der Waals surface area (Å²) in [5, 5.41) is 8.53. The van der Waals surface area contributed by atoms with E-state index in [0.29, 0.717) is 11.8 Å². The summed E-state index contributed by atoms with van der Waals surface area (Å²) in [6.07, 6.45) is 4.93. The van der Waals surface area contributed by atoms with Crippen LogP contribution in [0, 0.1) is 0 Å². The number of sulfone groups is 1. The van der Waals surface area contributed by atoms with Crippen LogP contribution in [0.4, 0.5) is 0 Å². The van der Waals surface area contributed by atoms with Crippen LogP contribution in [0.3, 0.4) is 0 Å². The van der Waals surface area contributed by atoms with Gasteiger partial charge in [-0.3, -0.25) is 0 Å². The second-order valence-electron chi connectivity index (χ2n) is 5.54. The van der Waals surface area contributed by atoms with E-state index in [0.717, 1.165) is 43.8 Å². The first-order chi connectivity index (χ1) is 8.57. The first-order valence-electron chi connectivity index (χ1n) is 6.71. The van der Waals surface area contributed by atoms with Crippen molar-refractivity contribution < 1.29 is 8.42 Å². The SMILES string of the molecule is CC1CCCc2nnc(C3CCCS(=O)(=O)C3)n21. The van der Waals surface area contributed by atoms with Gasteiger partial charge in [0, 0.05) is 18.4 Å². The quantitative estimate of drug-likeness (QED) is 0.774. The van der Waals surface area contributed by atoms with Gasteiger partial charge in [0.25, 0.3) is 0 Å². The molecule has 0 amide bonds. The average Bonchev–Trinajstić information content (AvgIpc) is 2.73. The first kappa shape index (κ1) is 12.1. The van der Waals surface area contributed by atoms with Gasteiger partial charge in [-0.25, -0.2) is 8.42 Å². The number of nitrogens with zero attached hydrogens (tertiary/aromatic N) is 3. The van der Waals surface area contributed by atoms with E-state index in [-0.39, 0.29) is 11.7 Å². The Bertz CT molecular complexity index is 550. The maximum absolute atomic E-state index is 11.7. The summed E-state index contributed by atoms with van der Waals surface area (Å²) >= 11 is 0. The van der Waals surface area contributed by atoms with Gasteiger partial charge in [0.15, 0.2) is 9.84 Å². The van der Waals surface area contributed by atoms with Crippen molar-refractivity contribution in [1.82, 2.24) is 14.8 Å². The van der Waals surface area contributed by atoms with Crippen LogP contribution >= 0.6 is 0 Å². The summed E-state index contributed by atoms with van der Waals surface area (Å²) in [5.74, 6) is 2.57. The van der Waals surface area contributed by atoms with Crippen molar-refractivity contribution in [1.29, 1.82) is 0 Å². The van der Waals surface area contributed by atoms with Crippen molar-refractivity contribution in [2.24, 2.45) is 0 Å². The lowest BCUT2D eigenvalue weighted by molar-refractivity contribution is 0.401. The number of hydrogen-bond donors (Lipinski definition) is 0. The molecule has 0 N–H and O–H groups in total. The zero-order valence-corrected chi connectivity index (χ0v) is 11.5. The minimum atomic E-state index is -2.88. The van der Waals surface area contributed by atoms with E-state index in [1.54, 1.807) is 0 Å². The topological polar surface area (TPSA) is 64.8 Å². The minimum Gasteiger partial charge on any atom is -0.312 e. The molecule has 2 atom stereocenters. The van der Waals surface area contributed by atoms with E-state index in [4.69, 9.17) is 0 Å². The maximum atomic E-state index is 11.7. The van der Waals surface area contributed by atoms with Gasteiger partial charge in [-0.2, -0.15) is 0 Å². The van der Waals surface area contributed by atoms with Crippen molar-refractivity contribution in [2.75, 3.05) is 11.5 Å². The third-order valence-electron chi connectivity index (χ3n) is 4.08. The maximum Gasteiger partial charge on any atom is 0.151 e. The molecule has 0 radical (unpaired) electrons. The van der Waals surface area contributed by atoms with Crippen molar-refractivity contribution >= 4 is 9.84 Å². The Labute approximate surface area is 108 Å². The molecule has 1 saturated heterocycles. The highest BCUT2D eigenvalue weighted by atomic mass is 32.2. The lowest BCUT2D eigenvalue weighted by Gasteiger charge is -2.27. The monoisotopic (exact) mass is 269 g/mol. The second kappa shape index (κ2) is 4.33. The van der Waals surface area contributed by atoms with Gasteiger partial charge in [-0.1, -0.05) is 0 Å². The Hall–Kier alpha value is -0.910. The number of fused-ring (bicyclic) bond motifs is 1. The standard InChI is InChI=1S/C12H19N3O2S/c1-9-4-2-6-11-13-14-12(15(9)11)10-5-3-7-18(16,17)8-10/h9-10H,2-8H2,1H3. The van der Waals surface area contributed by atoms with Crippen molar-refractivity contribution in [2.45, 2.75) is 51.0 Å². The van der Waals surface area contributed by atoms with Crippen molar-refractivity contribution in [3.63, 3.8) is 0 Å². The van der Waals surface area contributed by atoms with Crippen LogP contribution in [0.5, 0.6) is 0 Å². The van der Waals surface area contributed by atoms with Crippen LogP contribution < -0.4 is 0 Å². The summed E-state index contributed by atoms with van der Waals surface area (Å²) in [7, 11) is -2.88. The second-order valence-corrected chi connectivity index (χ2v) is 7.77. The highest BCUT2D eigenvalue weighted by molar-refractivity contribution is 7.91. The zero-order chi connectivity index (χ0) is 12.8. The van der Waals surface area contributed by atoms with Gasteiger partial charge in [0.2, 0.25) is 0 Å². The van der Waals surface area contributed by atoms with Crippen molar-refractivity contribution in [3.05, 3.63) is 11.6 Å². The summed E-state index contributed by atoms with van der Waals surface area (Å²) < 4.78 is 25.7. The Morgan fingerprint density at radius 1 is 1.22 bits per heavy atom. The Morgan fingerprint density at radius 2 is 2.06 bits per heavy atom. The van der Waals surface area contributed by atoms with Crippen LogP contribution in [-0.4, -0.2) is 34.7 Å². The number of hydrogen-bond acceptors (Lipinski definition) is 4. The molecule has 6 heteroatoms. The summed E-state index contributed by atoms with van der Waals surface area (Å²) in [6.45, 7) is 2.17. The molecule has 0 aliphatic carbocycles. The fourth-order valence-corrected chi connectivity index (χ4v) is 4.88. The van der Waals surface area contributed by atoms with Gasteiger partial charge in [-0.15, -0.1) is 10.2 Å². The predicted molar refractivity (Wildman–Crippen MR) is 68.3 cm³/mol. The number of aryl methyl sites for hydroxylation is 1. The molecule has 3 heterocycles. The van der Waals surface area contributed by atoms with Gasteiger partial charge in [-0.05, 0) is 32.6 Å². The molecular formula is C12H19N3O2S. The van der Waals surface area contributed by atoms with Gasteiger partial charge in [0.1, 0.15) is 11.6 Å². The molecular weight excluding hydrogens is 250 g/mol. The molecule has 1 aromatic rings. The molecule has 1 aromatic heterocycles.